The van der Waals surface area contributed by atoms with Gasteiger partial charge in [0, 0.05) is 19.6 Å². The van der Waals surface area contributed by atoms with Crippen LogP contribution >= 0.6 is 0 Å². The Morgan fingerprint density at radius 2 is 1.58 bits per heavy atom. The Bertz CT molecular complexity index is 539. The number of nitrogens with zero attached hydrogens (tertiary/aromatic N) is 1. The summed E-state index contributed by atoms with van der Waals surface area (Å²) in [4.78, 5) is 26.5. The van der Waals surface area contributed by atoms with Gasteiger partial charge in [0.15, 0.2) is 0 Å². The molecule has 0 heterocycles. The van der Waals surface area contributed by atoms with E-state index in [1.54, 1.807) is 21.0 Å². The van der Waals surface area contributed by atoms with E-state index in [2.05, 4.69) is 10.6 Å². The van der Waals surface area contributed by atoms with Crippen molar-refractivity contribution >= 4 is 11.8 Å². The van der Waals surface area contributed by atoms with Gasteiger partial charge in [0.05, 0.1) is 7.11 Å². The quantitative estimate of drug-likeness (QED) is 0.662. The molecule has 6 heteroatoms. The van der Waals surface area contributed by atoms with E-state index >= 15 is 0 Å². The first-order chi connectivity index (χ1) is 11.3. The van der Waals surface area contributed by atoms with Gasteiger partial charge < -0.3 is 20.3 Å². The number of benzene rings is 1. The van der Waals surface area contributed by atoms with Crippen LogP contribution in [0.5, 0.6) is 5.75 Å². The largest absolute Gasteiger partial charge is 0.497 e. The molecule has 0 saturated carbocycles. The zero-order chi connectivity index (χ0) is 18.2. The minimum atomic E-state index is -1.09. The highest BCUT2D eigenvalue weighted by atomic mass is 16.5. The van der Waals surface area contributed by atoms with Crippen molar-refractivity contribution in [1.29, 1.82) is 0 Å². The number of carbonyl (C=O) groups is 2. The van der Waals surface area contributed by atoms with E-state index in [0.717, 1.165) is 17.9 Å². The molecule has 1 rings (SSSR count). The maximum absolute atomic E-state index is 12.3. The second kappa shape index (κ2) is 9.27. The van der Waals surface area contributed by atoms with Crippen LogP contribution in [0, 0.1) is 5.41 Å². The number of likely N-dealkylation sites (N-methyl/N-ethyl adjacent to an activating group) is 1. The maximum atomic E-state index is 12.3. The molecule has 2 N–H and O–H groups in total. The molecule has 0 aliphatic rings. The number of methoxy groups -OCH3 is 1. The van der Waals surface area contributed by atoms with Gasteiger partial charge >= 0.3 is 0 Å². The van der Waals surface area contributed by atoms with E-state index in [4.69, 9.17) is 4.74 Å². The number of amides is 2. The summed E-state index contributed by atoms with van der Waals surface area (Å²) in [6.45, 7) is 5.02. The lowest BCUT2D eigenvalue weighted by atomic mass is 9.91. The third-order valence-corrected chi connectivity index (χ3v) is 3.84. The van der Waals surface area contributed by atoms with Crippen LogP contribution in [0.2, 0.25) is 0 Å². The van der Waals surface area contributed by atoms with E-state index in [0.29, 0.717) is 19.5 Å². The van der Waals surface area contributed by atoms with Crippen molar-refractivity contribution in [3.8, 4) is 5.75 Å². The number of carbonyl (C=O) groups excluding carboxylic acids is 2. The second-order valence-corrected chi connectivity index (χ2v) is 6.54. The smallest absolute Gasteiger partial charge is 0.235 e. The predicted molar refractivity (Wildman–Crippen MR) is 95.1 cm³/mol. The summed E-state index contributed by atoms with van der Waals surface area (Å²) in [7, 11) is 5.49. The Kier molecular flexibility index (Phi) is 7.71. The van der Waals surface area contributed by atoms with Gasteiger partial charge in [-0.1, -0.05) is 12.1 Å². The lowest BCUT2D eigenvalue weighted by Gasteiger charge is -2.23. The topological polar surface area (TPSA) is 70.7 Å². The average molecular weight is 335 g/mol. The molecule has 0 aliphatic heterocycles. The second-order valence-electron chi connectivity index (χ2n) is 6.54. The third-order valence-electron chi connectivity index (χ3n) is 3.84. The molecular formula is C18H29N3O3. The summed E-state index contributed by atoms with van der Waals surface area (Å²) in [6.07, 6.45) is 0.702. The van der Waals surface area contributed by atoms with Crippen molar-refractivity contribution in [2.75, 3.05) is 40.8 Å². The Morgan fingerprint density at radius 3 is 2.08 bits per heavy atom. The van der Waals surface area contributed by atoms with E-state index in [1.165, 1.54) is 0 Å². The monoisotopic (exact) mass is 335 g/mol. The molecule has 0 saturated heterocycles. The van der Waals surface area contributed by atoms with Gasteiger partial charge in [0.25, 0.3) is 0 Å². The van der Waals surface area contributed by atoms with Crippen LogP contribution in [0.3, 0.4) is 0 Å². The van der Waals surface area contributed by atoms with Gasteiger partial charge in [-0.25, -0.2) is 0 Å². The summed E-state index contributed by atoms with van der Waals surface area (Å²) in [6, 6.07) is 7.70. The van der Waals surface area contributed by atoms with Gasteiger partial charge in [0.2, 0.25) is 11.8 Å². The molecule has 0 atom stereocenters. The zero-order valence-corrected chi connectivity index (χ0v) is 15.3. The average Bonchev–Trinajstić information content (AvgIpc) is 2.54. The van der Waals surface area contributed by atoms with Gasteiger partial charge in [-0.05, 0) is 52.1 Å². The Labute approximate surface area is 144 Å². The lowest BCUT2D eigenvalue weighted by molar-refractivity contribution is -0.141. The molecule has 0 radical (unpaired) electrons. The summed E-state index contributed by atoms with van der Waals surface area (Å²) in [5.74, 6) is 0.281. The number of ether oxygens (including phenoxy) is 1. The first kappa shape index (κ1) is 20.0. The fourth-order valence-electron chi connectivity index (χ4n) is 2.05. The van der Waals surface area contributed by atoms with Crippen molar-refractivity contribution in [3.05, 3.63) is 29.8 Å². The first-order valence-electron chi connectivity index (χ1n) is 8.11. The number of hydrogen-bond acceptors (Lipinski definition) is 4. The molecule has 0 fully saturated rings. The molecular weight excluding hydrogens is 306 g/mol. The lowest BCUT2D eigenvalue weighted by Crippen LogP contribution is -2.49. The molecule has 0 aromatic heterocycles. The fraction of sp³-hybridized carbons (Fsp3) is 0.556. The molecule has 0 bridgehead atoms. The van der Waals surface area contributed by atoms with Crippen molar-refractivity contribution in [2.24, 2.45) is 5.41 Å². The minimum absolute atomic E-state index is 0.258. The summed E-state index contributed by atoms with van der Waals surface area (Å²) in [5, 5.41) is 5.64. The summed E-state index contributed by atoms with van der Waals surface area (Å²) < 4.78 is 5.11. The van der Waals surface area contributed by atoms with Crippen LogP contribution in [-0.4, -0.2) is 57.6 Å². The molecule has 6 nitrogen and oxygen atoms in total. The van der Waals surface area contributed by atoms with Crippen LogP contribution in [0.1, 0.15) is 19.4 Å². The standard InChI is InChI=1S/C18H29N3O3/c1-18(2,17(23)20-12-13-21(3)4)16(22)19-11-10-14-6-8-15(24-5)9-7-14/h6-9H,10-13H2,1-5H3,(H,19,22)(H,20,23). The van der Waals surface area contributed by atoms with E-state index in [-0.39, 0.29) is 11.8 Å². The van der Waals surface area contributed by atoms with Crippen molar-refractivity contribution in [3.63, 3.8) is 0 Å². The van der Waals surface area contributed by atoms with Gasteiger partial charge in [-0.2, -0.15) is 0 Å². The van der Waals surface area contributed by atoms with Crippen LogP contribution in [0.25, 0.3) is 0 Å². The molecule has 2 amide bonds. The Morgan fingerprint density at radius 1 is 1.04 bits per heavy atom. The minimum Gasteiger partial charge on any atom is -0.497 e. The molecule has 134 valence electrons. The van der Waals surface area contributed by atoms with E-state index < -0.39 is 5.41 Å². The van der Waals surface area contributed by atoms with Gasteiger partial charge in [-0.3, -0.25) is 9.59 Å². The molecule has 0 aliphatic carbocycles. The van der Waals surface area contributed by atoms with Gasteiger partial charge in [-0.15, -0.1) is 0 Å². The summed E-state index contributed by atoms with van der Waals surface area (Å²) in [5.41, 5.74) is 0.0102. The van der Waals surface area contributed by atoms with E-state index in [9.17, 15) is 9.59 Å². The highest BCUT2D eigenvalue weighted by Gasteiger charge is 2.35. The Hall–Kier alpha value is -2.08. The molecule has 1 aromatic carbocycles. The molecule has 0 spiro atoms. The van der Waals surface area contributed by atoms with Crippen LogP contribution in [-0.2, 0) is 16.0 Å². The number of hydrogen-bond donors (Lipinski definition) is 2. The van der Waals surface area contributed by atoms with Gasteiger partial charge in [0.1, 0.15) is 11.2 Å². The zero-order valence-electron chi connectivity index (χ0n) is 15.3. The summed E-state index contributed by atoms with van der Waals surface area (Å²) >= 11 is 0. The highest BCUT2D eigenvalue weighted by Crippen LogP contribution is 2.15. The highest BCUT2D eigenvalue weighted by molar-refractivity contribution is 6.04. The normalized spacial score (nSPS) is 11.2. The van der Waals surface area contributed by atoms with Crippen LogP contribution in [0.15, 0.2) is 24.3 Å². The van der Waals surface area contributed by atoms with E-state index in [1.807, 2.05) is 43.3 Å². The predicted octanol–water partition coefficient (Wildman–Crippen LogP) is 1.06. The molecule has 0 unspecified atom stereocenters. The van der Waals surface area contributed by atoms with Crippen molar-refractivity contribution < 1.29 is 14.3 Å². The van der Waals surface area contributed by atoms with Crippen LogP contribution in [0.4, 0.5) is 0 Å². The fourth-order valence-corrected chi connectivity index (χ4v) is 2.05. The SMILES string of the molecule is COc1ccc(CCNC(=O)C(C)(C)C(=O)NCCN(C)C)cc1. The maximum Gasteiger partial charge on any atom is 0.235 e. The van der Waals surface area contributed by atoms with Crippen molar-refractivity contribution in [1.82, 2.24) is 15.5 Å². The van der Waals surface area contributed by atoms with Crippen LogP contribution < -0.4 is 15.4 Å². The molecule has 24 heavy (non-hydrogen) atoms. The van der Waals surface area contributed by atoms with Crippen molar-refractivity contribution in [2.45, 2.75) is 20.3 Å². The first-order valence-corrected chi connectivity index (χ1v) is 8.11. The third kappa shape index (κ3) is 6.20. The number of rotatable bonds is 9. The number of nitrogens with one attached hydrogen (secondary N) is 2. The Balaban J connectivity index is 2.42. The molecule has 1 aromatic rings.